The van der Waals surface area contributed by atoms with E-state index < -0.39 is 17.4 Å². The first-order chi connectivity index (χ1) is 13.1. The van der Waals surface area contributed by atoms with Gasteiger partial charge in [-0.05, 0) is 35.4 Å². The zero-order valence-corrected chi connectivity index (χ0v) is 17.5. The number of hydrogen-bond donors (Lipinski definition) is 3. The molecule has 6 heteroatoms. The van der Waals surface area contributed by atoms with Crippen LogP contribution in [0.15, 0.2) is 18.2 Å². The molecule has 2 aliphatic heterocycles. The number of hydrogen-bond acceptors (Lipinski definition) is 3. The van der Waals surface area contributed by atoms with E-state index in [2.05, 4.69) is 31.4 Å². The molecule has 0 radical (unpaired) electrons. The molecule has 2 heterocycles. The number of carbonyl (C=O) groups excluding carboxylic acids is 1. The van der Waals surface area contributed by atoms with E-state index in [1.54, 1.807) is 6.07 Å². The Bertz CT molecular complexity index is 812. The fraction of sp³-hybridized carbons (Fsp3) is 0.636. The molecule has 1 saturated carbocycles. The smallest absolute Gasteiger partial charge is 0.321 e. The molecule has 5 nitrogen and oxygen atoms in total. The van der Waals surface area contributed by atoms with Gasteiger partial charge in [-0.3, -0.25) is 14.9 Å². The second kappa shape index (κ2) is 6.74. The minimum absolute atomic E-state index is 0.0479. The number of rotatable bonds is 3. The molecule has 1 aliphatic carbocycles. The number of halogens is 1. The van der Waals surface area contributed by atoms with E-state index in [9.17, 15) is 14.7 Å². The highest BCUT2D eigenvalue weighted by atomic mass is 35.5. The Kier molecular flexibility index (Phi) is 4.74. The average molecular weight is 405 g/mol. The molecule has 0 bridgehead atoms. The predicted octanol–water partition coefficient (Wildman–Crippen LogP) is 4.20. The molecule has 0 unspecified atom stereocenters. The fourth-order valence-electron chi connectivity index (χ4n) is 5.97. The highest BCUT2D eigenvalue weighted by molar-refractivity contribution is 6.31. The number of carboxylic acids is 1. The summed E-state index contributed by atoms with van der Waals surface area (Å²) in [5.41, 5.74) is 0.718. The Morgan fingerprint density at radius 1 is 1.29 bits per heavy atom. The van der Waals surface area contributed by atoms with Crippen LogP contribution < -0.4 is 10.6 Å². The average Bonchev–Trinajstić information content (AvgIpc) is 3.25. The number of fused-ring (bicyclic) bond motifs is 2. The van der Waals surface area contributed by atoms with Crippen LogP contribution in [0.4, 0.5) is 5.69 Å². The first-order valence-electron chi connectivity index (χ1n) is 10.2. The quantitative estimate of drug-likeness (QED) is 0.705. The number of aliphatic carboxylic acids is 1. The number of nitrogens with one attached hydrogen (secondary N) is 2. The standard InChI is InChI=1S/C22H29ClN2O3/c1-21(2,3)11-16-22(14-9-8-13(23)10-15(14)24-20(22)28)17(12-6-4-5-7-12)18(25-16)19(26)27/h8-10,12,16-18,25H,4-7,11H2,1-3H3,(H,24,28)(H,26,27)/t16-,17+,18-,22+/m1/s1. The number of anilines is 1. The topological polar surface area (TPSA) is 78.4 Å². The summed E-state index contributed by atoms with van der Waals surface area (Å²) < 4.78 is 0. The molecule has 3 N–H and O–H groups in total. The van der Waals surface area contributed by atoms with Crippen LogP contribution in [0, 0.1) is 17.3 Å². The van der Waals surface area contributed by atoms with Crippen LogP contribution in [0.5, 0.6) is 0 Å². The second-order valence-electron chi connectivity index (χ2n) is 9.88. The Morgan fingerprint density at radius 3 is 2.57 bits per heavy atom. The summed E-state index contributed by atoms with van der Waals surface area (Å²) in [5.74, 6) is -0.969. The minimum atomic E-state index is -0.870. The van der Waals surface area contributed by atoms with Crippen molar-refractivity contribution in [2.75, 3.05) is 5.32 Å². The van der Waals surface area contributed by atoms with Gasteiger partial charge < -0.3 is 10.4 Å². The number of amides is 1. The van der Waals surface area contributed by atoms with Crippen LogP contribution in [0.1, 0.15) is 58.4 Å². The van der Waals surface area contributed by atoms with E-state index in [-0.39, 0.29) is 29.2 Å². The van der Waals surface area contributed by atoms with Crippen molar-refractivity contribution in [2.45, 2.75) is 70.4 Å². The van der Waals surface area contributed by atoms with E-state index in [0.29, 0.717) is 5.02 Å². The molecule has 28 heavy (non-hydrogen) atoms. The second-order valence-corrected chi connectivity index (χ2v) is 10.3. The number of carboxylic acid groups (broad SMARTS) is 1. The molecule has 152 valence electrons. The van der Waals surface area contributed by atoms with Gasteiger partial charge in [-0.25, -0.2) is 0 Å². The lowest BCUT2D eigenvalue weighted by molar-refractivity contribution is -0.141. The maximum absolute atomic E-state index is 13.6. The van der Waals surface area contributed by atoms with Gasteiger partial charge in [-0.1, -0.05) is 64.1 Å². The summed E-state index contributed by atoms with van der Waals surface area (Å²) in [6.07, 6.45) is 4.88. The predicted molar refractivity (Wildman–Crippen MR) is 110 cm³/mol. The van der Waals surface area contributed by atoms with Crippen molar-refractivity contribution in [3.05, 3.63) is 28.8 Å². The molecular formula is C22H29ClN2O3. The molecule has 1 aromatic rings. The summed E-state index contributed by atoms with van der Waals surface area (Å²) in [4.78, 5) is 25.9. The molecule has 4 rings (SSSR count). The molecule has 1 saturated heterocycles. The maximum Gasteiger partial charge on any atom is 0.321 e. The SMILES string of the molecule is CC(C)(C)C[C@H]1N[C@@H](C(=O)O)[C@H](C2CCCC2)[C@@]12C(=O)Nc1cc(Cl)ccc12. The van der Waals surface area contributed by atoms with Crippen LogP contribution in [0.25, 0.3) is 0 Å². The van der Waals surface area contributed by atoms with Crippen LogP contribution in [0.2, 0.25) is 5.02 Å². The zero-order valence-electron chi connectivity index (χ0n) is 16.7. The number of benzene rings is 1. The monoisotopic (exact) mass is 404 g/mol. The largest absolute Gasteiger partial charge is 0.480 e. The molecule has 0 aromatic heterocycles. The molecule has 1 aromatic carbocycles. The third-order valence-electron chi connectivity index (χ3n) is 6.86. The van der Waals surface area contributed by atoms with E-state index in [1.165, 1.54) is 0 Å². The van der Waals surface area contributed by atoms with Crippen molar-refractivity contribution in [1.82, 2.24) is 5.32 Å². The van der Waals surface area contributed by atoms with Gasteiger partial charge in [0.15, 0.2) is 0 Å². The van der Waals surface area contributed by atoms with Gasteiger partial charge in [-0.2, -0.15) is 0 Å². The zero-order chi connectivity index (χ0) is 20.3. The van der Waals surface area contributed by atoms with Gasteiger partial charge in [0.05, 0.1) is 5.41 Å². The van der Waals surface area contributed by atoms with Crippen molar-refractivity contribution in [3.63, 3.8) is 0 Å². The molecule has 2 fully saturated rings. The third-order valence-corrected chi connectivity index (χ3v) is 7.09. The van der Waals surface area contributed by atoms with Crippen molar-refractivity contribution in [3.8, 4) is 0 Å². The summed E-state index contributed by atoms with van der Waals surface area (Å²) in [6, 6.07) is 4.58. The van der Waals surface area contributed by atoms with Gasteiger partial charge in [0, 0.05) is 22.7 Å². The summed E-state index contributed by atoms with van der Waals surface area (Å²) in [6.45, 7) is 6.41. The van der Waals surface area contributed by atoms with Gasteiger partial charge in [0.25, 0.3) is 0 Å². The van der Waals surface area contributed by atoms with E-state index >= 15 is 0 Å². The molecule has 1 amide bonds. The van der Waals surface area contributed by atoms with Crippen LogP contribution >= 0.6 is 11.6 Å². The van der Waals surface area contributed by atoms with Crippen LogP contribution in [-0.4, -0.2) is 29.1 Å². The molecular weight excluding hydrogens is 376 g/mol. The Morgan fingerprint density at radius 2 is 1.96 bits per heavy atom. The molecule has 1 spiro atoms. The van der Waals surface area contributed by atoms with Gasteiger partial charge in [0.1, 0.15) is 6.04 Å². The van der Waals surface area contributed by atoms with E-state index in [0.717, 1.165) is 43.4 Å². The Hall–Kier alpha value is -1.59. The first-order valence-corrected chi connectivity index (χ1v) is 10.6. The fourth-order valence-corrected chi connectivity index (χ4v) is 6.14. The Balaban J connectivity index is 1.92. The lowest BCUT2D eigenvalue weighted by Gasteiger charge is -2.39. The first kappa shape index (κ1) is 19.7. The van der Waals surface area contributed by atoms with Crippen molar-refractivity contribution >= 4 is 29.2 Å². The third kappa shape index (κ3) is 2.94. The van der Waals surface area contributed by atoms with Crippen molar-refractivity contribution in [2.24, 2.45) is 17.3 Å². The minimum Gasteiger partial charge on any atom is -0.480 e. The van der Waals surface area contributed by atoms with Crippen LogP contribution in [0.3, 0.4) is 0 Å². The van der Waals surface area contributed by atoms with Gasteiger partial charge in [-0.15, -0.1) is 0 Å². The van der Waals surface area contributed by atoms with E-state index in [4.69, 9.17) is 11.6 Å². The van der Waals surface area contributed by atoms with Gasteiger partial charge >= 0.3 is 5.97 Å². The normalized spacial score (nSPS) is 32.7. The highest BCUT2D eigenvalue weighted by Crippen LogP contribution is 2.57. The molecule has 4 atom stereocenters. The summed E-state index contributed by atoms with van der Waals surface area (Å²) in [5, 5.41) is 17.1. The summed E-state index contributed by atoms with van der Waals surface area (Å²) >= 11 is 6.19. The highest BCUT2D eigenvalue weighted by Gasteiger charge is 2.66. The molecule has 3 aliphatic rings. The van der Waals surface area contributed by atoms with Crippen LogP contribution in [-0.2, 0) is 15.0 Å². The Labute approximate surface area is 171 Å². The lowest BCUT2D eigenvalue weighted by Crippen LogP contribution is -2.51. The van der Waals surface area contributed by atoms with Gasteiger partial charge in [0.2, 0.25) is 5.91 Å². The maximum atomic E-state index is 13.6. The number of carbonyl (C=O) groups is 2. The summed E-state index contributed by atoms with van der Waals surface area (Å²) in [7, 11) is 0. The lowest BCUT2D eigenvalue weighted by atomic mass is 9.60. The van der Waals surface area contributed by atoms with Crippen molar-refractivity contribution in [1.29, 1.82) is 0 Å². The van der Waals surface area contributed by atoms with E-state index in [1.807, 2.05) is 12.1 Å². The van der Waals surface area contributed by atoms with Crippen molar-refractivity contribution < 1.29 is 14.7 Å².